The van der Waals surface area contributed by atoms with Gasteiger partial charge in [0.1, 0.15) is 0 Å². The molecule has 2 rings (SSSR count). The number of nitrogens with one attached hydrogen (secondary N) is 1. The van der Waals surface area contributed by atoms with Crippen molar-refractivity contribution in [2.75, 3.05) is 0 Å². The third-order valence-electron chi connectivity index (χ3n) is 3.61. The van der Waals surface area contributed by atoms with Gasteiger partial charge in [-0.3, -0.25) is 4.68 Å². The monoisotopic (exact) mass is 221 g/mol. The molecule has 1 fully saturated rings. The van der Waals surface area contributed by atoms with E-state index >= 15 is 0 Å². The molecule has 0 aromatic carbocycles. The zero-order valence-corrected chi connectivity index (χ0v) is 10.4. The fourth-order valence-corrected chi connectivity index (χ4v) is 2.66. The van der Waals surface area contributed by atoms with Gasteiger partial charge in [0, 0.05) is 25.3 Å². The molecular weight excluding hydrogens is 198 g/mol. The summed E-state index contributed by atoms with van der Waals surface area (Å²) in [5.41, 5.74) is 1.31. The minimum atomic E-state index is 0.712. The highest BCUT2D eigenvalue weighted by atomic mass is 15.3. The van der Waals surface area contributed by atoms with E-state index in [1.54, 1.807) is 0 Å². The smallest absolute Gasteiger partial charge is 0.0522 e. The highest BCUT2D eigenvalue weighted by molar-refractivity contribution is 5.00. The van der Waals surface area contributed by atoms with E-state index in [2.05, 4.69) is 35.0 Å². The van der Waals surface area contributed by atoms with Crippen LogP contribution in [-0.2, 0) is 13.1 Å². The third-order valence-corrected chi connectivity index (χ3v) is 3.61. The van der Waals surface area contributed by atoms with E-state index in [0.29, 0.717) is 6.04 Å². The molecule has 1 aromatic heterocycles. The summed E-state index contributed by atoms with van der Waals surface area (Å²) in [5, 5.41) is 7.96. The zero-order valence-electron chi connectivity index (χ0n) is 10.4. The molecule has 0 amide bonds. The molecule has 3 nitrogen and oxygen atoms in total. The molecule has 1 aliphatic carbocycles. The predicted octanol–water partition coefficient (Wildman–Crippen LogP) is 2.57. The van der Waals surface area contributed by atoms with E-state index in [-0.39, 0.29) is 0 Å². The molecule has 3 heteroatoms. The number of hydrogen-bond donors (Lipinski definition) is 1. The lowest BCUT2D eigenvalue weighted by Crippen LogP contribution is -2.33. The molecule has 90 valence electrons. The summed E-state index contributed by atoms with van der Waals surface area (Å²) >= 11 is 0. The predicted molar refractivity (Wildman–Crippen MR) is 66.2 cm³/mol. The van der Waals surface area contributed by atoms with Crippen molar-refractivity contribution in [1.82, 2.24) is 15.1 Å². The van der Waals surface area contributed by atoms with Crippen LogP contribution in [0, 0.1) is 5.92 Å². The molecular formula is C13H23N3. The number of hydrogen-bond acceptors (Lipinski definition) is 2. The molecule has 0 spiro atoms. The Labute approximate surface area is 98.2 Å². The standard InChI is InChI=1S/C13H23N3/c1-3-16-13(7-8-15-16)10-14-12-6-4-5-11(2)9-12/h7-8,11-12,14H,3-6,9-10H2,1-2H3. The van der Waals surface area contributed by atoms with Crippen LogP contribution in [0.15, 0.2) is 12.3 Å². The van der Waals surface area contributed by atoms with Crippen LogP contribution in [0.4, 0.5) is 0 Å². The topological polar surface area (TPSA) is 29.9 Å². The van der Waals surface area contributed by atoms with Gasteiger partial charge in [0.2, 0.25) is 0 Å². The first-order valence-electron chi connectivity index (χ1n) is 6.53. The molecule has 0 aliphatic heterocycles. The van der Waals surface area contributed by atoms with Crippen LogP contribution < -0.4 is 5.32 Å². The van der Waals surface area contributed by atoms with E-state index in [1.165, 1.54) is 31.4 Å². The lowest BCUT2D eigenvalue weighted by atomic mass is 9.87. The molecule has 0 bridgehead atoms. The van der Waals surface area contributed by atoms with Crippen LogP contribution in [-0.4, -0.2) is 15.8 Å². The number of aryl methyl sites for hydroxylation is 1. The summed E-state index contributed by atoms with van der Waals surface area (Å²) in [5.74, 6) is 0.891. The van der Waals surface area contributed by atoms with E-state index in [4.69, 9.17) is 0 Å². The Bertz CT molecular complexity index is 319. The van der Waals surface area contributed by atoms with Crippen LogP contribution in [0.5, 0.6) is 0 Å². The maximum Gasteiger partial charge on any atom is 0.0522 e. The zero-order chi connectivity index (χ0) is 11.4. The Hall–Kier alpha value is -0.830. The average Bonchev–Trinajstić information content (AvgIpc) is 2.74. The van der Waals surface area contributed by atoms with Gasteiger partial charge >= 0.3 is 0 Å². The second-order valence-corrected chi connectivity index (χ2v) is 4.99. The Morgan fingerprint density at radius 2 is 2.38 bits per heavy atom. The van der Waals surface area contributed by atoms with Gasteiger partial charge in [-0.2, -0.15) is 5.10 Å². The minimum Gasteiger partial charge on any atom is -0.308 e. The van der Waals surface area contributed by atoms with Gasteiger partial charge in [0.05, 0.1) is 5.69 Å². The molecule has 0 saturated heterocycles. The van der Waals surface area contributed by atoms with E-state index < -0.39 is 0 Å². The molecule has 1 aromatic rings. The van der Waals surface area contributed by atoms with Crippen molar-refractivity contribution < 1.29 is 0 Å². The normalized spacial score (nSPS) is 25.9. The highest BCUT2D eigenvalue weighted by Crippen LogP contribution is 2.23. The second kappa shape index (κ2) is 5.48. The third kappa shape index (κ3) is 2.85. The largest absolute Gasteiger partial charge is 0.308 e. The number of rotatable bonds is 4. The molecule has 2 atom stereocenters. The molecule has 16 heavy (non-hydrogen) atoms. The van der Waals surface area contributed by atoms with Crippen LogP contribution in [0.3, 0.4) is 0 Å². The van der Waals surface area contributed by atoms with Gasteiger partial charge in [0.15, 0.2) is 0 Å². The maximum atomic E-state index is 4.29. The average molecular weight is 221 g/mol. The first kappa shape index (κ1) is 11.6. The fourth-order valence-electron chi connectivity index (χ4n) is 2.66. The lowest BCUT2D eigenvalue weighted by molar-refractivity contribution is 0.298. The van der Waals surface area contributed by atoms with Gasteiger partial charge in [-0.05, 0) is 31.7 Å². The van der Waals surface area contributed by atoms with Crippen molar-refractivity contribution in [1.29, 1.82) is 0 Å². The molecule has 1 heterocycles. The second-order valence-electron chi connectivity index (χ2n) is 4.99. The quantitative estimate of drug-likeness (QED) is 0.847. The molecule has 0 radical (unpaired) electrons. The van der Waals surface area contributed by atoms with Crippen molar-refractivity contribution in [3.05, 3.63) is 18.0 Å². The van der Waals surface area contributed by atoms with Crippen LogP contribution in [0.1, 0.15) is 45.2 Å². The lowest BCUT2D eigenvalue weighted by Gasteiger charge is -2.27. The Kier molecular flexibility index (Phi) is 3.99. The highest BCUT2D eigenvalue weighted by Gasteiger charge is 2.18. The van der Waals surface area contributed by atoms with E-state index in [9.17, 15) is 0 Å². The van der Waals surface area contributed by atoms with Crippen LogP contribution in [0.2, 0.25) is 0 Å². The van der Waals surface area contributed by atoms with E-state index in [1.807, 2.05) is 6.20 Å². The van der Waals surface area contributed by atoms with E-state index in [0.717, 1.165) is 19.0 Å². The number of nitrogens with zero attached hydrogens (tertiary/aromatic N) is 2. The SMILES string of the molecule is CCn1nccc1CNC1CCCC(C)C1. The van der Waals surface area contributed by atoms with Crippen molar-refractivity contribution >= 4 is 0 Å². The van der Waals surface area contributed by atoms with Gasteiger partial charge in [-0.1, -0.05) is 19.8 Å². The molecule has 2 unspecified atom stereocenters. The summed E-state index contributed by atoms with van der Waals surface area (Å²) in [6, 6.07) is 2.83. The maximum absolute atomic E-state index is 4.29. The van der Waals surface area contributed by atoms with Crippen molar-refractivity contribution in [3.8, 4) is 0 Å². The Morgan fingerprint density at radius 3 is 3.12 bits per heavy atom. The molecule has 1 aliphatic rings. The van der Waals surface area contributed by atoms with Gasteiger partial charge in [0.25, 0.3) is 0 Å². The number of aromatic nitrogens is 2. The van der Waals surface area contributed by atoms with Crippen LogP contribution in [0.25, 0.3) is 0 Å². The first-order chi connectivity index (χ1) is 7.79. The van der Waals surface area contributed by atoms with Crippen molar-refractivity contribution in [3.63, 3.8) is 0 Å². The Balaban J connectivity index is 1.82. The summed E-state index contributed by atoms with van der Waals surface area (Å²) in [7, 11) is 0. The molecule has 1 saturated carbocycles. The minimum absolute atomic E-state index is 0.712. The van der Waals surface area contributed by atoms with Crippen molar-refractivity contribution in [2.45, 2.75) is 58.7 Å². The van der Waals surface area contributed by atoms with Gasteiger partial charge < -0.3 is 5.32 Å². The van der Waals surface area contributed by atoms with Crippen LogP contribution >= 0.6 is 0 Å². The summed E-state index contributed by atoms with van der Waals surface area (Å²) in [6.45, 7) is 6.43. The summed E-state index contributed by atoms with van der Waals surface area (Å²) in [6.07, 6.45) is 7.35. The Morgan fingerprint density at radius 1 is 1.50 bits per heavy atom. The first-order valence-corrected chi connectivity index (χ1v) is 6.53. The van der Waals surface area contributed by atoms with Gasteiger partial charge in [-0.15, -0.1) is 0 Å². The van der Waals surface area contributed by atoms with Gasteiger partial charge in [-0.25, -0.2) is 0 Å². The fraction of sp³-hybridized carbons (Fsp3) is 0.769. The van der Waals surface area contributed by atoms with Crippen molar-refractivity contribution in [2.24, 2.45) is 5.92 Å². The summed E-state index contributed by atoms with van der Waals surface area (Å²) < 4.78 is 2.07. The molecule has 1 N–H and O–H groups in total. The summed E-state index contributed by atoms with van der Waals surface area (Å²) in [4.78, 5) is 0.